The molecule has 0 bridgehead atoms. The van der Waals surface area contributed by atoms with Crippen molar-refractivity contribution in [3.8, 4) is 0 Å². The first-order valence-corrected chi connectivity index (χ1v) is 8.02. The van der Waals surface area contributed by atoms with E-state index in [9.17, 15) is 4.79 Å². The number of likely N-dealkylation sites (N-methyl/N-ethyl adjacent to an activating group) is 1. The van der Waals surface area contributed by atoms with Crippen LogP contribution in [0.25, 0.3) is 0 Å². The van der Waals surface area contributed by atoms with Gasteiger partial charge in [-0.2, -0.15) is 0 Å². The van der Waals surface area contributed by atoms with Gasteiger partial charge in [0.15, 0.2) is 11.4 Å². The van der Waals surface area contributed by atoms with E-state index in [0.717, 1.165) is 41.6 Å². The van der Waals surface area contributed by atoms with Crippen LogP contribution < -0.4 is 4.90 Å². The van der Waals surface area contributed by atoms with Gasteiger partial charge in [0, 0.05) is 25.6 Å². The molecule has 20 heavy (non-hydrogen) atoms. The third-order valence-corrected chi connectivity index (χ3v) is 4.63. The van der Waals surface area contributed by atoms with E-state index in [4.69, 9.17) is 4.74 Å². The van der Waals surface area contributed by atoms with Gasteiger partial charge in [0.25, 0.3) is 0 Å². The third kappa shape index (κ3) is 3.58. The van der Waals surface area contributed by atoms with Crippen LogP contribution in [0.4, 0.5) is 5.13 Å². The summed E-state index contributed by atoms with van der Waals surface area (Å²) >= 11 is 1.47. The first-order chi connectivity index (χ1) is 9.41. The van der Waals surface area contributed by atoms with Gasteiger partial charge in [-0.05, 0) is 19.3 Å². The Morgan fingerprint density at radius 2 is 2.20 bits per heavy atom. The van der Waals surface area contributed by atoms with E-state index in [2.05, 4.69) is 30.7 Å². The summed E-state index contributed by atoms with van der Waals surface area (Å²) in [6.45, 7) is 7.97. The van der Waals surface area contributed by atoms with Crippen molar-refractivity contribution >= 4 is 22.8 Å². The van der Waals surface area contributed by atoms with Crippen molar-refractivity contribution in [2.45, 2.75) is 51.6 Å². The van der Waals surface area contributed by atoms with Crippen molar-refractivity contribution in [3.05, 3.63) is 10.6 Å². The highest BCUT2D eigenvalue weighted by Gasteiger charge is 2.25. The van der Waals surface area contributed by atoms with E-state index in [1.54, 1.807) is 0 Å². The Labute approximate surface area is 125 Å². The van der Waals surface area contributed by atoms with Crippen molar-refractivity contribution in [1.29, 1.82) is 0 Å². The minimum absolute atomic E-state index is 0.104. The fraction of sp³-hybridized carbons (Fsp3) is 0.733. The summed E-state index contributed by atoms with van der Waals surface area (Å²) in [4.78, 5) is 18.8. The normalized spacial score (nSPS) is 19.9. The molecule has 2 heterocycles. The number of rotatable bonds is 4. The number of aldehydes is 1. The van der Waals surface area contributed by atoms with Gasteiger partial charge < -0.3 is 9.64 Å². The molecule has 0 aliphatic carbocycles. The van der Waals surface area contributed by atoms with Crippen LogP contribution in [0.2, 0.25) is 0 Å². The highest BCUT2D eigenvalue weighted by molar-refractivity contribution is 7.17. The largest absolute Gasteiger partial charge is 0.376 e. The Bertz CT molecular complexity index is 459. The number of carbonyl (C=O) groups is 1. The number of ether oxygens (including phenoxy) is 1. The minimum Gasteiger partial charge on any atom is -0.376 e. The van der Waals surface area contributed by atoms with Crippen molar-refractivity contribution in [2.24, 2.45) is 0 Å². The zero-order valence-electron chi connectivity index (χ0n) is 12.8. The predicted molar refractivity (Wildman–Crippen MR) is 83.1 cm³/mol. The number of aromatic nitrogens is 1. The number of anilines is 1. The maximum atomic E-state index is 11.2. The lowest BCUT2D eigenvalue weighted by atomic mass is 9.91. The van der Waals surface area contributed by atoms with Crippen molar-refractivity contribution in [2.75, 3.05) is 25.1 Å². The number of hydrogen-bond donors (Lipinski definition) is 0. The molecule has 1 aromatic rings. The summed E-state index contributed by atoms with van der Waals surface area (Å²) in [6.07, 6.45) is 4.73. The second-order valence-corrected chi connectivity index (χ2v) is 7.46. The minimum atomic E-state index is -0.104. The van der Waals surface area contributed by atoms with E-state index < -0.39 is 0 Å². The molecule has 1 aromatic heterocycles. The van der Waals surface area contributed by atoms with Crippen LogP contribution in [0.3, 0.4) is 0 Å². The second kappa shape index (κ2) is 6.22. The molecule has 1 aliphatic heterocycles. The molecule has 1 aliphatic rings. The Morgan fingerprint density at radius 1 is 1.45 bits per heavy atom. The van der Waals surface area contributed by atoms with E-state index in [1.165, 1.54) is 24.2 Å². The smallest absolute Gasteiger partial charge is 0.186 e. The standard InChI is InChI=1S/C15H24N2O2S/c1-15(2,3)13-12(10-18)20-14(16-13)17(4)9-11-7-5-6-8-19-11/h10-11H,5-9H2,1-4H3. The van der Waals surface area contributed by atoms with Crippen molar-refractivity contribution in [1.82, 2.24) is 4.98 Å². The summed E-state index contributed by atoms with van der Waals surface area (Å²) in [6, 6.07) is 0. The molecule has 4 nitrogen and oxygen atoms in total. The SMILES string of the molecule is CN(CC1CCCCO1)c1nc(C(C)(C)C)c(C=O)s1. The fourth-order valence-electron chi connectivity index (χ4n) is 2.44. The molecule has 0 N–H and O–H groups in total. The van der Waals surface area contributed by atoms with Gasteiger partial charge in [0.05, 0.1) is 16.7 Å². The molecule has 2 rings (SSSR count). The van der Waals surface area contributed by atoms with Crippen LogP contribution in [-0.2, 0) is 10.2 Å². The van der Waals surface area contributed by atoms with Gasteiger partial charge in [-0.3, -0.25) is 4.79 Å². The summed E-state index contributed by atoms with van der Waals surface area (Å²) < 4.78 is 5.77. The monoisotopic (exact) mass is 296 g/mol. The molecule has 112 valence electrons. The molecule has 0 amide bonds. The maximum absolute atomic E-state index is 11.2. The summed E-state index contributed by atoms with van der Waals surface area (Å²) in [5.74, 6) is 0. The van der Waals surface area contributed by atoms with Gasteiger partial charge in [0.1, 0.15) is 0 Å². The molecule has 1 fully saturated rings. The van der Waals surface area contributed by atoms with Crippen LogP contribution in [0.5, 0.6) is 0 Å². The van der Waals surface area contributed by atoms with Crippen molar-refractivity contribution in [3.63, 3.8) is 0 Å². The van der Waals surface area contributed by atoms with Gasteiger partial charge >= 0.3 is 0 Å². The first-order valence-electron chi connectivity index (χ1n) is 7.21. The van der Waals surface area contributed by atoms with Crippen LogP contribution in [0.15, 0.2) is 0 Å². The Kier molecular flexibility index (Phi) is 4.81. The lowest BCUT2D eigenvalue weighted by Crippen LogP contribution is -2.33. The van der Waals surface area contributed by atoms with Crippen LogP contribution >= 0.6 is 11.3 Å². The Hall–Kier alpha value is -0.940. The summed E-state index contributed by atoms with van der Waals surface area (Å²) in [7, 11) is 2.03. The van der Waals surface area contributed by atoms with E-state index in [1.807, 2.05) is 7.05 Å². The lowest BCUT2D eigenvalue weighted by Gasteiger charge is -2.27. The zero-order chi connectivity index (χ0) is 14.8. The zero-order valence-corrected chi connectivity index (χ0v) is 13.6. The molecule has 1 unspecified atom stereocenters. The Morgan fingerprint density at radius 3 is 2.70 bits per heavy atom. The summed E-state index contributed by atoms with van der Waals surface area (Å²) in [5, 5.41) is 0.909. The van der Waals surface area contributed by atoms with Gasteiger partial charge in [-0.15, -0.1) is 0 Å². The molecular weight excluding hydrogens is 272 g/mol. The molecule has 1 saturated heterocycles. The van der Waals surface area contributed by atoms with Crippen LogP contribution in [0.1, 0.15) is 55.4 Å². The molecular formula is C15H24N2O2S. The van der Waals surface area contributed by atoms with Crippen LogP contribution in [-0.4, -0.2) is 37.6 Å². The van der Waals surface area contributed by atoms with Crippen molar-refractivity contribution < 1.29 is 9.53 Å². The second-order valence-electron chi connectivity index (χ2n) is 6.45. The molecule has 0 aromatic carbocycles. The maximum Gasteiger partial charge on any atom is 0.186 e. The van der Waals surface area contributed by atoms with E-state index >= 15 is 0 Å². The Balaban J connectivity index is 2.11. The number of nitrogens with zero attached hydrogens (tertiary/aromatic N) is 2. The van der Waals surface area contributed by atoms with E-state index in [-0.39, 0.29) is 11.5 Å². The molecule has 0 saturated carbocycles. The molecule has 0 radical (unpaired) electrons. The molecule has 5 heteroatoms. The van der Waals surface area contributed by atoms with Gasteiger partial charge in [-0.25, -0.2) is 4.98 Å². The highest BCUT2D eigenvalue weighted by atomic mass is 32.1. The third-order valence-electron chi connectivity index (χ3n) is 3.54. The lowest BCUT2D eigenvalue weighted by molar-refractivity contribution is 0.0216. The quantitative estimate of drug-likeness (QED) is 0.800. The molecule has 0 spiro atoms. The molecule has 1 atom stereocenters. The average molecular weight is 296 g/mol. The number of carbonyl (C=O) groups excluding carboxylic acids is 1. The van der Waals surface area contributed by atoms with Gasteiger partial charge in [0.2, 0.25) is 0 Å². The predicted octanol–water partition coefficient (Wildman–Crippen LogP) is 3.26. The highest BCUT2D eigenvalue weighted by Crippen LogP contribution is 2.32. The fourth-order valence-corrected chi connectivity index (χ4v) is 3.50. The first kappa shape index (κ1) is 15.4. The number of thiazole rings is 1. The van der Waals surface area contributed by atoms with Gasteiger partial charge in [-0.1, -0.05) is 32.1 Å². The van der Waals surface area contributed by atoms with E-state index in [0.29, 0.717) is 0 Å². The topological polar surface area (TPSA) is 42.4 Å². The summed E-state index contributed by atoms with van der Waals surface area (Å²) in [5.41, 5.74) is 0.789. The average Bonchev–Trinajstić information content (AvgIpc) is 2.84. The number of hydrogen-bond acceptors (Lipinski definition) is 5. The van der Waals surface area contributed by atoms with Crippen LogP contribution in [0, 0.1) is 0 Å².